The molecule has 0 aliphatic heterocycles. The highest BCUT2D eigenvalue weighted by Crippen LogP contribution is 1.91. The van der Waals surface area contributed by atoms with Crippen LogP contribution in [0.25, 0.3) is 0 Å². The molecule has 0 saturated carbocycles. The summed E-state index contributed by atoms with van der Waals surface area (Å²) in [5, 5.41) is 4.08. The van der Waals surface area contributed by atoms with Crippen molar-refractivity contribution < 1.29 is 0 Å². The molecule has 0 fully saturated rings. The number of hydrogen-bond donors (Lipinski definition) is 0. The van der Waals surface area contributed by atoms with Crippen LogP contribution in [-0.2, 0) is 0 Å². The molecule has 0 aliphatic carbocycles. The van der Waals surface area contributed by atoms with Crippen LogP contribution in [0.3, 0.4) is 0 Å². The van der Waals surface area contributed by atoms with Gasteiger partial charge in [-0.05, 0) is 10.8 Å². The van der Waals surface area contributed by atoms with E-state index in [1.807, 2.05) is 22.9 Å². The molecule has 1 heteroatoms. The van der Waals surface area contributed by atoms with Gasteiger partial charge in [-0.15, -0.1) is 26.3 Å². The van der Waals surface area contributed by atoms with E-state index < -0.39 is 0 Å². The lowest BCUT2D eigenvalue weighted by molar-refractivity contribution is 2.03. The first-order valence-electron chi connectivity index (χ1n) is 2.47. The second kappa shape index (κ2) is 15.7. The van der Waals surface area contributed by atoms with Crippen molar-refractivity contribution in [1.82, 2.24) is 0 Å². The van der Waals surface area contributed by atoms with Crippen LogP contribution < -0.4 is 0 Å². The summed E-state index contributed by atoms with van der Waals surface area (Å²) in [6, 6.07) is 4.04. The van der Waals surface area contributed by atoms with Crippen molar-refractivity contribution in [3.63, 3.8) is 0 Å². The zero-order chi connectivity index (χ0) is 7.54. The average Bonchev–Trinajstić information content (AvgIpc) is 2.51. The first-order valence-corrected chi connectivity index (χ1v) is 3.41. The topological polar surface area (TPSA) is 0 Å². The summed E-state index contributed by atoms with van der Waals surface area (Å²) in [5.41, 5.74) is 0. The van der Waals surface area contributed by atoms with E-state index in [0.29, 0.717) is 0 Å². The van der Waals surface area contributed by atoms with Gasteiger partial charge in [0.2, 0.25) is 0 Å². The minimum atomic E-state index is 1.71. The Balaban J connectivity index is 0. The van der Waals surface area contributed by atoms with Crippen molar-refractivity contribution in [2.75, 3.05) is 0 Å². The predicted molar refractivity (Wildman–Crippen MR) is 46.8 cm³/mol. The fourth-order valence-corrected chi connectivity index (χ4v) is 0.680. The van der Waals surface area contributed by atoms with Crippen LogP contribution >= 0.6 is 11.3 Å². The van der Waals surface area contributed by atoms with Gasteiger partial charge in [0.25, 0.3) is 0 Å². The van der Waals surface area contributed by atoms with Gasteiger partial charge in [0.15, 0.2) is 0 Å². The smallest absolute Gasteiger partial charge is 0.00934 e. The molecule has 1 rings (SSSR count). The summed E-state index contributed by atoms with van der Waals surface area (Å²) in [4.78, 5) is 0. The van der Waals surface area contributed by atoms with E-state index in [1.165, 1.54) is 0 Å². The summed E-state index contributed by atoms with van der Waals surface area (Å²) in [6.07, 6.45) is 0. The molecule has 9 heavy (non-hydrogen) atoms. The number of hydrogen-bond acceptors (Lipinski definition) is 1. The molecule has 0 aliphatic rings. The SMILES string of the molecule is C=C.C=C.c1ccsc1. The van der Waals surface area contributed by atoms with Gasteiger partial charge in [-0.2, -0.15) is 11.3 Å². The Morgan fingerprint density at radius 3 is 1.22 bits per heavy atom. The largest absolute Gasteiger partial charge is 0.152 e. The maximum Gasteiger partial charge on any atom is -0.00934 e. The monoisotopic (exact) mass is 140 g/mol. The molecule has 1 aromatic heterocycles. The zero-order valence-corrected chi connectivity index (χ0v) is 6.36. The van der Waals surface area contributed by atoms with E-state index in [2.05, 4.69) is 26.3 Å². The summed E-state index contributed by atoms with van der Waals surface area (Å²) >= 11 is 1.71. The predicted octanol–water partition coefficient (Wildman–Crippen LogP) is 3.35. The average molecular weight is 140 g/mol. The van der Waals surface area contributed by atoms with Gasteiger partial charge in [0, 0.05) is 0 Å². The highest BCUT2D eigenvalue weighted by Gasteiger charge is 1.58. The van der Waals surface area contributed by atoms with Crippen LogP contribution in [0, 0.1) is 0 Å². The molecular weight excluding hydrogens is 128 g/mol. The minimum absolute atomic E-state index is 1.71. The van der Waals surface area contributed by atoms with Crippen molar-refractivity contribution in [3.05, 3.63) is 49.2 Å². The molecule has 0 bridgehead atoms. The van der Waals surface area contributed by atoms with Crippen molar-refractivity contribution in [3.8, 4) is 0 Å². The third kappa shape index (κ3) is 11.0. The number of rotatable bonds is 0. The van der Waals surface area contributed by atoms with Crippen LogP contribution in [0.5, 0.6) is 0 Å². The molecule has 0 N–H and O–H groups in total. The van der Waals surface area contributed by atoms with Gasteiger partial charge in [-0.3, -0.25) is 0 Å². The van der Waals surface area contributed by atoms with Crippen LogP contribution in [0.2, 0.25) is 0 Å². The Morgan fingerprint density at radius 2 is 1.11 bits per heavy atom. The molecule has 0 nitrogen and oxygen atoms in total. The van der Waals surface area contributed by atoms with Crippen molar-refractivity contribution in [2.45, 2.75) is 0 Å². The maximum absolute atomic E-state index is 3.00. The molecule has 0 radical (unpaired) electrons. The summed E-state index contributed by atoms with van der Waals surface area (Å²) in [7, 11) is 0. The molecule has 0 saturated heterocycles. The quantitative estimate of drug-likeness (QED) is 0.485. The molecular formula is C8H12S. The Bertz CT molecular complexity index is 80.1. The highest BCUT2D eigenvalue weighted by molar-refractivity contribution is 7.07. The molecule has 50 valence electrons. The zero-order valence-electron chi connectivity index (χ0n) is 5.55. The van der Waals surface area contributed by atoms with E-state index in [4.69, 9.17) is 0 Å². The lowest BCUT2D eigenvalue weighted by Crippen LogP contribution is -1.16. The molecule has 0 aromatic carbocycles. The molecule has 1 aromatic rings. The van der Waals surface area contributed by atoms with Crippen molar-refractivity contribution >= 4 is 11.3 Å². The standard InChI is InChI=1S/C4H4S.2C2H4/c1-2-4-5-3-1;2*1-2/h1-4H;2*1-2H2. The molecule has 0 amide bonds. The highest BCUT2D eigenvalue weighted by atomic mass is 32.1. The van der Waals surface area contributed by atoms with E-state index in [0.717, 1.165) is 0 Å². The lowest BCUT2D eigenvalue weighted by Gasteiger charge is -1.39. The van der Waals surface area contributed by atoms with Crippen molar-refractivity contribution in [1.29, 1.82) is 0 Å². The van der Waals surface area contributed by atoms with Crippen molar-refractivity contribution in [2.24, 2.45) is 0 Å². The summed E-state index contributed by atoms with van der Waals surface area (Å²) in [5.74, 6) is 0. The molecule has 0 spiro atoms. The van der Waals surface area contributed by atoms with E-state index >= 15 is 0 Å². The van der Waals surface area contributed by atoms with E-state index in [1.54, 1.807) is 11.3 Å². The van der Waals surface area contributed by atoms with Crippen LogP contribution in [0.15, 0.2) is 49.2 Å². The van der Waals surface area contributed by atoms with Gasteiger partial charge in [-0.1, -0.05) is 12.1 Å². The summed E-state index contributed by atoms with van der Waals surface area (Å²) in [6.45, 7) is 12.0. The summed E-state index contributed by atoms with van der Waals surface area (Å²) < 4.78 is 0. The Kier molecular flexibility index (Phi) is 19.3. The Hall–Kier alpha value is -0.820. The Morgan fingerprint density at radius 1 is 0.778 bits per heavy atom. The van der Waals surface area contributed by atoms with Gasteiger partial charge in [-0.25, -0.2) is 0 Å². The first kappa shape index (κ1) is 11.0. The van der Waals surface area contributed by atoms with Gasteiger partial charge < -0.3 is 0 Å². The van der Waals surface area contributed by atoms with Gasteiger partial charge in [0.1, 0.15) is 0 Å². The van der Waals surface area contributed by atoms with Gasteiger partial charge in [0.05, 0.1) is 0 Å². The fourth-order valence-electron chi connectivity index (χ4n) is 0.227. The third-order valence-electron chi connectivity index (χ3n) is 0.425. The molecule has 1 heterocycles. The molecule has 0 atom stereocenters. The van der Waals surface area contributed by atoms with Gasteiger partial charge >= 0.3 is 0 Å². The van der Waals surface area contributed by atoms with Crippen LogP contribution in [0.4, 0.5) is 0 Å². The fraction of sp³-hybridized carbons (Fsp3) is 0. The number of thiophene rings is 1. The first-order chi connectivity index (χ1) is 4.50. The van der Waals surface area contributed by atoms with E-state index in [9.17, 15) is 0 Å². The third-order valence-corrected chi connectivity index (χ3v) is 1.05. The normalized spacial score (nSPS) is 5.33. The van der Waals surface area contributed by atoms with Crippen LogP contribution in [-0.4, -0.2) is 0 Å². The second-order valence-electron chi connectivity index (χ2n) is 0.793. The molecule has 0 unspecified atom stereocenters. The minimum Gasteiger partial charge on any atom is -0.152 e. The maximum atomic E-state index is 3.00. The van der Waals surface area contributed by atoms with Crippen LogP contribution in [0.1, 0.15) is 0 Å². The Labute approximate surface area is 61.2 Å². The second-order valence-corrected chi connectivity index (χ2v) is 1.61. The van der Waals surface area contributed by atoms with E-state index in [-0.39, 0.29) is 0 Å². The lowest BCUT2D eigenvalue weighted by atomic mass is 10.7.